The van der Waals surface area contributed by atoms with E-state index >= 15 is 0 Å². The van der Waals surface area contributed by atoms with Gasteiger partial charge in [0.2, 0.25) is 0 Å². The van der Waals surface area contributed by atoms with Crippen molar-refractivity contribution in [2.75, 3.05) is 19.0 Å². The molecule has 25 heavy (non-hydrogen) atoms. The molecule has 0 aromatic heterocycles. The lowest BCUT2D eigenvalue weighted by Crippen LogP contribution is -2.29. The molecular weight excluding hydrogens is 336 g/mol. The van der Waals surface area contributed by atoms with Crippen molar-refractivity contribution in [2.45, 2.75) is 19.8 Å². The van der Waals surface area contributed by atoms with Crippen LogP contribution in [-0.2, 0) is 9.53 Å². The van der Waals surface area contributed by atoms with Gasteiger partial charge in [0.05, 0.1) is 7.11 Å². The summed E-state index contributed by atoms with van der Waals surface area (Å²) in [4.78, 5) is 11.0. The van der Waals surface area contributed by atoms with Crippen LogP contribution < -0.4 is 15.4 Å². The van der Waals surface area contributed by atoms with E-state index in [0.29, 0.717) is 24.5 Å². The summed E-state index contributed by atoms with van der Waals surface area (Å²) in [7, 11) is 1.38. The zero-order valence-electron chi connectivity index (χ0n) is 14.4. The number of carbonyl (C=O) groups excluding carboxylic acids is 1. The van der Waals surface area contributed by atoms with Crippen molar-refractivity contribution in [1.29, 1.82) is 0 Å². The second kappa shape index (κ2) is 9.64. The molecule has 0 amide bonds. The SMILES string of the molecule is COC(=O)CCCNC(=S)Nc1ccc(Oc2cccc(C)c2)cc1. The summed E-state index contributed by atoms with van der Waals surface area (Å²) in [5, 5.41) is 6.66. The topological polar surface area (TPSA) is 59.6 Å². The highest BCUT2D eigenvalue weighted by atomic mass is 32.1. The molecule has 0 spiro atoms. The smallest absolute Gasteiger partial charge is 0.305 e. The van der Waals surface area contributed by atoms with Crippen LogP contribution >= 0.6 is 12.2 Å². The van der Waals surface area contributed by atoms with E-state index < -0.39 is 0 Å². The van der Waals surface area contributed by atoms with Crippen molar-refractivity contribution in [3.63, 3.8) is 0 Å². The molecule has 0 aliphatic carbocycles. The van der Waals surface area contributed by atoms with Crippen LogP contribution in [0.25, 0.3) is 0 Å². The lowest BCUT2D eigenvalue weighted by Gasteiger charge is -2.11. The fraction of sp³-hybridized carbons (Fsp3) is 0.263. The Bertz CT molecular complexity index is 717. The van der Waals surface area contributed by atoms with Crippen molar-refractivity contribution in [3.8, 4) is 11.5 Å². The average Bonchev–Trinajstić information content (AvgIpc) is 2.60. The number of aryl methyl sites for hydroxylation is 1. The van der Waals surface area contributed by atoms with E-state index in [1.807, 2.05) is 55.5 Å². The number of anilines is 1. The van der Waals surface area contributed by atoms with Gasteiger partial charge in [-0.3, -0.25) is 4.79 Å². The maximum Gasteiger partial charge on any atom is 0.305 e. The molecule has 2 aromatic carbocycles. The van der Waals surface area contributed by atoms with Gasteiger partial charge in [-0.25, -0.2) is 0 Å². The zero-order valence-corrected chi connectivity index (χ0v) is 15.2. The van der Waals surface area contributed by atoms with Crippen molar-refractivity contribution >= 4 is 29.0 Å². The van der Waals surface area contributed by atoms with E-state index in [9.17, 15) is 4.79 Å². The maximum atomic E-state index is 11.0. The van der Waals surface area contributed by atoms with Crippen LogP contribution in [0, 0.1) is 6.92 Å². The molecule has 0 fully saturated rings. The van der Waals surface area contributed by atoms with Crippen molar-refractivity contribution in [2.24, 2.45) is 0 Å². The number of nitrogens with one attached hydrogen (secondary N) is 2. The molecule has 6 heteroatoms. The molecule has 2 rings (SSSR count). The Labute approximate surface area is 153 Å². The lowest BCUT2D eigenvalue weighted by molar-refractivity contribution is -0.140. The number of carbonyl (C=O) groups is 1. The van der Waals surface area contributed by atoms with Crippen LogP contribution in [0.2, 0.25) is 0 Å². The summed E-state index contributed by atoms with van der Waals surface area (Å²) < 4.78 is 10.4. The molecule has 5 nitrogen and oxygen atoms in total. The van der Waals surface area contributed by atoms with E-state index in [2.05, 4.69) is 15.4 Å². The summed E-state index contributed by atoms with van der Waals surface area (Å²) in [5.41, 5.74) is 2.02. The van der Waals surface area contributed by atoms with Gasteiger partial charge in [-0.15, -0.1) is 0 Å². The third-order valence-corrected chi connectivity index (χ3v) is 3.65. The molecule has 132 valence electrons. The van der Waals surface area contributed by atoms with E-state index in [4.69, 9.17) is 17.0 Å². The predicted molar refractivity (Wildman–Crippen MR) is 103 cm³/mol. The zero-order chi connectivity index (χ0) is 18.1. The summed E-state index contributed by atoms with van der Waals surface area (Å²) in [6, 6.07) is 15.5. The Morgan fingerprint density at radius 1 is 1.12 bits per heavy atom. The minimum atomic E-state index is -0.218. The number of hydrogen-bond acceptors (Lipinski definition) is 4. The Kier molecular flexibility index (Phi) is 7.22. The first kappa shape index (κ1) is 18.7. The Hall–Kier alpha value is -2.60. The Morgan fingerprint density at radius 2 is 1.88 bits per heavy atom. The number of thiocarbonyl (C=S) groups is 1. The maximum absolute atomic E-state index is 11.0. The fourth-order valence-corrected chi connectivity index (χ4v) is 2.35. The lowest BCUT2D eigenvalue weighted by atomic mass is 10.2. The Balaban J connectivity index is 1.77. The molecule has 0 bridgehead atoms. The summed E-state index contributed by atoms with van der Waals surface area (Å²) in [6.45, 7) is 2.63. The van der Waals surface area contributed by atoms with Gasteiger partial charge < -0.3 is 20.1 Å². The highest BCUT2D eigenvalue weighted by molar-refractivity contribution is 7.80. The second-order valence-electron chi connectivity index (χ2n) is 5.50. The van der Waals surface area contributed by atoms with E-state index in [1.54, 1.807) is 0 Å². The minimum absolute atomic E-state index is 0.218. The number of ether oxygens (including phenoxy) is 2. The summed E-state index contributed by atoms with van der Waals surface area (Å²) in [5.74, 6) is 1.35. The molecule has 0 aliphatic rings. The van der Waals surface area contributed by atoms with Gasteiger partial charge in [0.15, 0.2) is 5.11 Å². The Morgan fingerprint density at radius 3 is 2.56 bits per heavy atom. The monoisotopic (exact) mass is 358 g/mol. The van der Waals surface area contributed by atoms with E-state index in [0.717, 1.165) is 22.7 Å². The average molecular weight is 358 g/mol. The van der Waals surface area contributed by atoms with Gasteiger partial charge in [0, 0.05) is 18.7 Å². The highest BCUT2D eigenvalue weighted by Gasteiger charge is 2.02. The molecule has 0 saturated carbocycles. The molecule has 0 heterocycles. The largest absolute Gasteiger partial charge is 0.469 e. The van der Waals surface area contributed by atoms with Gasteiger partial charge in [0.1, 0.15) is 11.5 Å². The molecule has 0 aliphatic heterocycles. The third-order valence-electron chi connectivity index (χ3n) is 3.41. The molecule has 0 atom stereocenters. The van der Waals surface area contributed by atoms with Crippen LogP contribution in [-0.4, -0.2) is 24.7 Å². The minimum Gasteiger partial charge on any atom is -0.469 e. The third kappa shape index (κ3) is 6.81. The molecule has 2 aromatic rings. The first-order valence-electron chi connectivity index (χ1n) is 8.03. The fourth-order valence-electron chi connectivity index (χ4n) is 2.13. The number of rotatable bonds is 7. The normalized spacial score (nSPS) is 10.0. The van der Waals surface area contributed by atoms with Gasteiger partial charge in [-0.05, 0) is 67.5 Å². The highest BCUT2D eigenvalue weighted by Crippen LogP contribution is 2.23. The standard InChI is InChI=1S/C19H22N2O3S/c1-14-5-3-6-17(13-14)24-16-10-8-15(9-11-16)21-19(25)20-12-4-7-18(22)23-2/h3,5-6,8-11,13H,4,7,12H2,1-2H3,(H2,20,21,25). The van der Waals surface area contributed by atoms with Gasteiger partial charge in [0.25, 0.3) is 0 Å². The van der Waals surface area contributed by atoms with E-state index in [1.165, 1.54) is 7.11 Å². The van der Waals surface area contributed by atoms with Gasteiger partial charge >= 0.3 is 5.97 Å². The molecule has 0 saturated heterocycles. The molecule has 0 unspecified atom stereocenters. The quantitative estimate of drug-likeness (QED) is 0.443. The molecular formula is C19H22N2O3S. The second-order valence-corrected chi connectivity index (χ2v) is 5.91. The number of hydrogen-bond donors (Lipinski definition) is 2. The first-order chi connectivity index (χ1) is 12.1. The molecule has 0 radical (unpaired) electrons. The predicted octanol–water partition coefficient (Wildman–Crippen LogP) is 4.03. The van der Waals surface area contributed by atoms with Crippen molar-refractivity contribution < 1.29 is 14.3 Å². The van der Waals surface area contributed by atoms with Gasteiger partial charge in [-0.2, -0.15) is 0 Å². The first-order valence-corrected chi connectivity index (χ1v) is 8.44. The number of esters is 1. The summed E-state index contributed by atoms with van der Waals surface area (Å²) >= 11 is 5.23. The van der Waals surface area contributed by atoms with Crippen LogP contribution in [0.4, 0.5) is 5.69 Å². The van der Waals surface area contributed by atoms with Gasteiger partial charge in [-0.1, -0.05) is 12.1 Å². The number of benzene rings is 2. The van der Waals surface area contributed by atoms with Crippen LogP contribution in [0.15, 0.2) is 48.5 Å². The summed E-state index contributed by atoms with van der Waals surface area (Å²) in [6.07, 6.45) is 1.04. The van der Waals surface area contributed by atoms with Crippen LogP contribution in [0.5, 0.6) is 11.5 Å². The van der Waals surface area contributed by atoms with E-state index in [-0.39, 0.29) is 5.97 Å². The van der Waals surface area contributed by atoms with Crippen LogP contribution in [0.3, 0.4) is 0 Å². The van der Waals surface area contributed by atoms with Crippen molar-refractivity contribution in [1.82, 2.24) is 5.32 Å². The number of methoxy groups -OCH3 is 1. The van der Waals surface area contributed by atoms with Crippen LogP contribution in [0.1, 0.15) is 18.4 Å². The molecule has 2 N–H and O–H groups in total. The van der Waals surface area contributed by atoms with Crippen molar-refractivity contribution in [3.05, 3.63) is 54.1 Å².